The molecule has 126 valence electrons. The Morgan fingerprint density at radius 1 is 1.08 bits per heavy atom. The number of hydrogen-bond donors (Lipinski definition) is 2. The largest absolute Gasteiger partial charge is 0.350 e. The highest BCUT2D eigenvalue weighted by Crippen LogP contribution is 2.03. The fourth-order valence-corrected chi connectivity index (χ4v) is 2.00. The fourth-order valence-electron chi connectivity index (χ4n) is 2.00. The van der Waals surface area contributed by atoms with E-state index in [4.69, 9.17) is 0 Å². The van der Waals surface area contributed by atoms with E-state index in [9.17, 15) is 14.4 Å². The van der Waals surface area contributed by atoms with Gasteiger partial charge in [-0.05, 0) is 39.0 Å². The summed E-state index contributed by atoms with van der Waals surface area (Å²) in [4.78, 5) is 35.8. The smallest absolute Gasteiger partial charge is 0.272 e. The Bertz CT molecular complexity index is 791. The summed E-state index contributed by atoms with van der Waals surface area (Å²) in [5.41, 5.74) is -0.103. The van der Waals surface area contributed by atoms with Crippen LogP contribution in [-0.4, -0.2) is 33.7 Å². The Morgan fingerprint density at radius 3 is 2.38 bits per heavy atom. The van der Waals surface area contributed by atoms with E-state index in [0.717, 1.165) is 4.68 Å². The molecule has 0 saturated heterocycles. The second kappa shape index (κ2) is 7.08. The first-order valence-electron chi connectivity index (χ1n) is 7.51. The van der Waals surface area contributed by atoms with Crippen LogP contribution in [0.4, 0.5) is 0 Å². The number of benzene rings is 1. The minimum atomic E-state index is -0.524. The molecule has 0 aliphatic carbocycles. The third-order valence-electron chi connectivity index (χ3n) is 2.96. The molecule has 7 nitrogen and oxygen atoms in total. The van der Waals surface area contributed by atoms with Crippen LogP contribution in [0.15, 0.2) is 47.3 Å². The summed E-state index contributed by atoms with van der Waals surface area (Å²) in [6.07, 6.45) is 0. The summed E-state index contributed by atoms with van der Waals surface area (Å²) < 4.78 is 1.14. The zero-order chi connectivity index (χ0) is 17.7. The Balaban J connectivity index is 2.11. The van der Waals surface area contributed by atoms with Crippen LogP contribution >= 0.6 is 0 Å². The average Bonchev–Trinajstić information content (AvgIpc) is 2.52. The number of rotatable bonds is 4. The first kappa shape index (κ1) is 17.4. The summed E-state index contributed by atoms with van der Waals surface area (Å²) in [6.45, 7) is 5.39. The van der Waals surface area contributed by atoms with Gasteiger partial charge in [0, 0.05) is 11.6 Å². The van der Waals surface area contributed by atoms with Gasteiger partial charge in [-0.15, -0.1) is 0 Å². The number of nitrogens with one attached hydrogen (secondary N) is 2. The molecule has 2 N–H and O–H groups in total. The number of hydrogen-bond acceptors (Lipinski definition) is 4. The van der Waals surface area contributed by atoms with E-state index < -0.39 is 5.91 Å². The highest BCUT2D eigenvalue weighted by molar-refractivity contribution is 5.94. The Morgan fingerprint density at radius 2 is 1.75 bits per heavy atom. The van der Waals surface area contributed by atoms with E-state index in [1.807, 2.05) is 26.8 Å². The lowest BCUT2D eigenvalue weighted by molar-refractivity contribution is -0.121. The summed E-state index contributed by atoms with van der Waals surface area (Å²) in [7, 11) is 0. The van der Waals surface area contributed by atoms with Crippen molar-refractivity contribution in [3.05, 3.63) is 58.5 Å². The first-order chi connectivity index (χ1) is 11.3. The van der Waals surface area contributed by atoms with Gasteiger partial charge >= 0.3 is 0 Å². The molecule has 0 fully saturated rings. The fraction of sp³-hybridized carbons (Fsp3) is 0.294. The van der Waals surface area contributed by atoms with Gasteiger partial charge in [0.25, 0.3) is 11.5 Å². The van der Waals surface area contributed by atoms with Gasteiger partial charge in [-0.25, -0.2) is 0 Å². The van der Waals surface area contributed by atoms with E-state index in [1.165, 1.54) is 12.1 Å². The van der Waals surface area contributed by atoms with Crippen molar-refractivity contribution in [2.75, 3.05) is 6.54 Å². The summed E-state index contributed by atoms with van der Waals surface area (Å²) in [5.74, 6) is -0.823. The molecule has 0 aliphatic heterocycles. The molecule has 2 rings (SSSR count). The molecule has 0 spiro atoms. The predicted molar refractivity (Wildman–Crippen MR) is 90.1 cm³/mol. The predicted octanol–water partition coefficient (Wildman–Crippen LogP) is 0.877. The first-order valence-corrected chi connectivity index (χ1v) is 7.51. The van der Waals surface area contributed by atoms with Gasteiger partial charge in [-0.1, -0.05) is 18.2 Å². The van der Waals surface area contributed by atoms with Gasteiger partial charge in [0.1, 0.15) is 5.69 Å². The Hall–Kier alpha value is -2.96. The van der Waals surface area contributed by atoms with Crippen LogP contribution in [-0.2, 0) is 4.79 Å². The van der Waals surface area contributed by atoms with Crippen molar-refractivity contribution in [1.82, 2.24) is 20.4 Å². The minimum absolute atomic E-state index is 0.0574. The third kappa shape index (κ3) is 4.77. The second-order valence-corrected chi connectivity index (χ2v) is 6.29. The molecular formula is C17H20N4O3. The highest BCUT2D eigenvalue weighted by atomic mass is 16.2. The summed E-state index contributed by atoms with van der Waals surface area (Å²) in [6, 6.07) is 11.4. The van der Waals surface area contributed by atoms with Gasteiger partial charge < -0.3 is 10.6 Å². The minimum Gasteiger partial charge on any atom is -0.350 e. The number of aromatic nitrogens is 2. The summed E-state index contributed by atoms with van der Waals surface area (Å²) >= 11 is 0. The van der Waals surface area contributed by atoms with E-state index in [0.29, 0.717) is 5.69 Å². The Kier molecular flexibility index (Phi) is 5.13. The number of para-hydroxylation sites is 1. The van der Waals surface area contributed by atoms with Crippen molar-refractivity contribution >= 4 is 11.8 Å². The lowest BCUT2D eigenvalue weighted by Gasteiger charge is -2.20. The number of carbonyl (C=O) groups excluding carboxylic acids is 2. The molecular weight excluding hydrogens is 308 g/mol. The van der Waals surface area contributed by atoms with Crippen molar-refractivity contribution in [1.29, 1.82) is 0 Å². The standard InChI is InChI=1S/C17H20N4O3/c1-17(2,3)19-14(22)11-18-16(24)13-9-10-15(23)21(20-13)12-7-5-4-6-8-12/h4-10H,11H2,1-3H3,(H,18,24)(H,19,22). The maximum absolute atomic E-state index is 12.1. The lowest BCUT2D eigenvalue weighted by atomic mass is 10.1. The number of carbonyl (C=O) groups is 2. The van der Waals surface area contributed by atoms with E-state index in [2.05, 4.69) is 15.7 Å². The van der Waals surface area contributed by atoms with Crippen molar-refractivity contribution in [2.45, 2.75) is 26.3 Å². The zero-order valence-corrected chi connectivity index (χ0v) is 13.9. The van der Waals surface area contributed by atoms with Crippen LogP contribution in [0, 0.1) is 0 Å². The normalized spacial score (nSPS) is 11.0. The van der Waals surface area contributed by atoms with E-state index in [-0.39, 0.29) is 29.2 Å². The van der Waals surface area contributed by atoms with E-state index >= 15 is 0 Å². The van der Waals surface area contributed by atoms with Crippen LogP contribution in [0.1, 0.15) is 31.3 Å². The molecule has 1 aromatic carbocycles. The second-order valence-electron chi connectivity index (χ2n) is 6.29. The number of nitrogens with zero attached hydrogens (tertiary/aromatic N) is 2. The topological polar surface area (TPSA) is 93.1 Å². The van der Waals surface area contributed by atoms with Gasteiger partial charge in [0.05, 0.1) is 12.2 Å². The van der Waals surface area contributed by atoms with Crippen molar-refractivity contribution in [3.63, 3.8) is 0 Å². The molecule has 2 amide bonds. The van der Waals surface area contributed by atoms with Gasteiger partial charge in [0.15, 0.2) is 0 Å². The molecule has 7 heteroatoms. The summed E-state index contributed by atoms with van der Waals surface area (Å²) in [5, 5.41) is 9.29. The average molecular weight is 328 g/mol. The zero-order valence-electron chi connectivity index (χ0n) is 13.9. The van der Waals surface area contributed by atoms with Gasteiger partial charge in [0.2, 0.25) is 5.91 Å². The van der Waals surface area contributed by atoms with E-state index in [1.54, 1.807) is 24.3 Å². The molecule has 0 saturated carbocycles. The maximum atomic E-state index is 12.1. The van der Waals surface area contributed by atoms with Crippen LogP contribution in [0.5, 0.6) is 0 Å². The van der Waals surface area contributed by atoms with Crippen LogP contribution in [0.3, 0.4) is 0 Å². The molecule has 0 aliphatic rings. The maximum Gasteiger partial charge on any atom is 0.272 e. The number of amides is 2. The monoisotopic (exact) mass is 328 g/mol. The van der Waals surface area contributed by atoms with Crippen LogP contribution < -0.4 is 16.2 Å². The molecule has 0 unspecified atom stereocenters. The molecule has 24 heavy (non-hydrogen) atoms. The third-order valence-corrected chi connectivity index (χ3v) is 2.96. The van der Waals surface area contributed by atoms with Crippen molar-refractivity contribution < 1.29 is 9.59 Å². The van der Waals surface area contributed by atoms with Gasteiger partial charge in [-0.3, -0.25) is 14.4 Å². The highest BCUT2D eigenvalue weighted by Gasteiger charge is 2.16. The van der Waals surface area contributed by atoms with Crippen LogP contribution in [0.25, 0.3) is 5.69 Å². The molecule has 2 aromatic rings. The quantitative estimate of drug-likeness (QED) is 0.871. The van der Waals surface area contributed by atoms with Crippen molar-refractivity contribution in [2.24, 2.45) is 0 Å². The van der Waals surface area contributed by atoms with Gasteiger partial charge in [-0.2, -0.15) is 9.78 Å². The molecule has 0 atom stereocenters. The molecule has 0 bridgehead atoms. The molecule has 1 heterocycles. The Labute approximate surface area is 139 Å². The van der Waals surface area contributed by atoms with Crippen molar-refractivity contribution in [3.8, 4) is 5.69 Å². The molecule has 1 aromatic heterocycles. The molecule has 0 radical (unpaired) electrons. The SMILES string of the molecule is CC(C)(C)NC(=O)CNC(=O)c1ccc(=O)n(-c2ccccc2)n1. The lowest BCUT2D eigenvalue weighted by Crippen LogP contribution is -2.46. The van der Waals surface area contributed by atoms with Crippen LogP contribution in [0.2, 0.25) is 0 Å².